The van der Waals surface area contributed by atoms with E-state index in [1.807, 2.05) is 54.6 Å². The molecule has 6 nitrogen and oxygen atoms in total. The van der Waals surface area contributed by atoms with Crippen LogP contribution in [-0.2, 0) is 6.61 Å². The Hall–Kier alpha value is -3.63. The summed E-state index contributed by atoms with van der Waals surface area (Å²) in [6, 6.07) is 21.4. The van der Waals surface area contributed by atoms with Crippen LogP contribution in [0, 0.1) is 11.3 Å². The third-order valence-electron chi connectivity index (χ3n) is 5.24. The fraction of sp³-hybridized carbons (Fsp3) is 0.125. The van der Waals surface area contributed by atoms with Crippen molar-refractivity contribution in [3.05, 3.63) is 93.3 Å². The van der Waals surface area contributed by atoms with Crippen molar-refractivity contribution in [2.75, 3.05) is 6.79 Å². The van der Waals surface area contributed by atoms with Crippen molar-refractivity contribution in [3.8, 4) is 29.1 Å². The summed E-state index contributed by atoms with van der Waals surface area (Å²) in [5.74, 6) is 2.24. The lowest BCUT2D eigenvalue weighted by Crippen LogP contribution is -2.21. The van der Waals surface area contributed by atoms with Crippen molar-refractivity contribution in [2.24, 2.45) is 5.73 Å². The van der Waals surface area contributed by atoms with Crippen molar-refractivity contribution < 1.29 is 18.9 Å². The summed E-state index contributed by atoms with van der Waals surface area (Å²) in [6.45, 7) is 0.619. The predicted octanol–water partition coefficient (Wildman–Crippen LogP) is 4.97. The van der Waals surface area contributed by atoms with E-state index in [4.69, 9.17) is 24.7 Å². The lowest BCUT2D eigenvalue weighted by Gasteiger charge is -2.26. The zero-order valence-electron chi connectivity index (χ0n) is 16.3. The Labute approximate surface area is 187 Å². The third-order valence-corrected chi connectivity index (χ3v) is 5.77. The number of ether oxygens (including phenoxy) is 4. The molecule has 0 amide bonds. The summed E-state index contributed by atoms with van der Waals surface area (Å²) in [5, 5.41) is 9.74. The number of nitrogens with two attached hydrogens (primary N) is 1. The van der Waals surface area contributed by atoms with E-state index in [0.29, 0.717) is 29.4 Å². The number of rotatable bonds is 4. The van der Waals surface area contributed by atoms with Crippen molar-refractivity contribution >= 4 is 15.9 Å². The molecule has 0 fully saturated rings. The van der Waals surface area contributed by atoms with Gasteiger partial charge in [0.1, 0.15) is 29.7 Å². The molecule has 1 atom stereocenters. The molecule has 2 aliphatic rings. The Bertz CT molecular complexity index is 1210. The molecule has 154 valence electrons. The molecule has 7 heteroatoms. The molecule has 0 aromatic heterocycles. The maximum atomic E-state index is 9.74. The van der Waals surface area contributed by atoms with Crippen LogP contribution in [0.2, 0.25) is 0 Å². The van der Waals surface area contributed by atoms with Crippen LogP contribution in [0.3, 0.4) is 0 Å². The smallest absolute Gasteiger partial charge is 0.231 e. The second-order valence-electron chi connectivity index (χ2n) is 7.15. The second kappa shape index (κ2) is 7.89. The minimum Gasteiger partial charge on any atom is -0.489 e. The molecule has 2 heterocycles. The number of hydrogen-bond donors (Lipinski definition) is 1. The summed E-state index contributed by atoms with van der Waals surface area (Å²) >= 11 is 3.43. The van der Waals surface area contributed by atoms with E-state index in [0.717, 1.165) is 26.9 Å². The minimum absolute atomic E-state index is 0.0921. The van der Waals surface area contributed by atoms with Crippen LogP contribution in [0.4, 0.5) is 0 Å². The van der Waals surface area contributed by atoms with Gasteiger partial charge in [0.05, 0.1) is 5.92 Å². The van der Waals surface area contributed by atoms with Crippen LogP contribution in [0.15, 0.2) is 76.6 Å². The fourth-order valence-electron chi connectivity index (χ4n) is 3.69. The van der Waals surface area contributed by atoms with Crippen LogP contribution < -0.4 is 24.7 Å². The summed E-state index contributed by atoms with van der Waals surface area (Å²) in [6.07, 6.45) is 0. The number of nitriles is 1. The van der Waals surface area contributed by atoms with E-state index in [9.17, 15) is 5.26 Å². The van der Waals surface area contributed by atoms with Crippen LogP contribution in [0.25, 0.3) is 0 Å². The molecule has 0 radical (unpaired) electrons. The van der Waals surface area contributed by atoms with Crippen molar-refractivity contribution in [1.82, 2.24) is 0 Å². The molecule has 0 spiro atoms. The molecular formula is C24H17BrN2O4. The van der Waals surface area contributed by atoms with Crippen LogP contribution in [0.5, 0.6) is 23.0 Å². The number of halogens is 1. The van der Waals surface area contributed by atoms with Crippen molar-refractivity contribution in [1.29, 1.82) is 5.26 Å². The minimum atomic E-state index is -0.372. The number of fused-ring (bicyclic) bond motifs is 2. The van der Waals surface area contributed by atoms with Crippen molar-refractivity contribution in [2.45, 2.75) is 12.5 Å². The van der Waals surface area contributed by atoms with Crippen LogP contribution in [0.1, 0.15) is 22.6 Å². The van der Waals surface area contributed by atoms with Crippen LogP contribution >= 0.6 is 15.9 Å². The number of hydrogen-bond acceptors (Lipinski definition) is 6. The fourth-order valence-corrected chi connectivity index (χ4v) is 3.96. The molecule has 5 rings (SSSR count). The zero-order valence-corrected chi connectivity index (χ0v) is 17.9. The van der Waals surface area contributed by atoms with E-state index in [-0.39, 0.29) is 18.6 Å². The quantitative estimate of drug-likeness (QED) is 0.571. The topological polar surface area (TPSA) is 86.7 Å². The van der Waals surface area contributed by atoms with Gasteiger partial charge in [-0.05, 0) is 41.5 Å². The second-order valence-corrected chi connectivity index (χ2v) is 8.07. The van der Waals surface area contributed by atoms with Gasteiger partial charge in [-0.15, -0.1) is 0 Å². The van der Waals surface area contributed by atoms with Gasteiger partial charge in [0, 0.05) is 16.1 Å². The molecule has 3 aromatic rings. The molecule has 31 heavy (non-hydrogen) atoms. The van der Waals surface area contributed by atoms with Gasteiger partial charge >= 0.3 is 0 Å². The molecule has 3 aromatic carbocycles. The SMILES string of the molecule is N#CC1=C(N)Oc2cc3c(cc2C1c1ccc(OCc2ccc(Br)cc2)cc1)OCO3. The Morgan fingerprint density at radius 2 is 1.71 bits per heavy atom. The first-order chi connectivity index (χ1) is 15.1. The average molecular weight is 477 g/mol. The normalized spacial score (nSPS) is 16.3. The Morgan fingerprint density at radius 3 is 2.42 bits per heavy atom. The maximum absolute atomic E-state index is 9.74. The van der Waals surface area contributed by atoms with Gasteiger partial charge in [-0.3, -0.25) is 0 Å². The third kappa shape index (κ3) is 3.66. The van der Waals surface area contributed by atoms with E-state index < -0.39 is 0 Å². The van der Waals surface area contributed by atoms with E-state index in [1.54, 1.807) is 6.07 Å². The lowest BCUT2D eigenvalue weighted by molar-refractivity contribution is 0.174. The molecular weight excluding hydrogens is 460 g/mol. The first-order valence-corrected chi connectivity index (χ1v) is 10.4. The summed E-state index contributed by atoms with van der Waals surface area (Å²) in [7, 11) is 0. The Kier molecular flexibility index (Phi) is 4.92. The Morgan fingerprint density at radius 1 is 1.00 bits per heavy atom. The predicted molar refractivity (Wildman–Crippen MR) is 117 cm³/mol. The zero-order chi connectivity index (χ0) is 21.4. The summed E-state index contributed by atoms with van der Waals surface area (Å²) in [4.78, 5) is 0. The molecule has 2 aliphatic heterocycles. The van der Waals surface area contributed by atoms with Gasteiger partial charge in [0.2, 0.25) is 12.7 Å². The first-order valence-electron chi connectivity index (χ1n) is 9.60. The van der Waals surface area contributed by atoms with Gasteiger partial charge in [-0.25, -0.2) is 0 Å². The molecule has 0 saturated carbocycles. The molecule has 0 bridgehead atoms. The van der Waals surface area contributed by atoms with E-state index in [1.165, 1.54) is 0 Å². The highest BCUT2D eigenvalue weighted by Crippen LogP contribution is 2.47. The standard InChI is InChI=1S/C24H17BrN2O4/c25-16-5-1-14(2-6-16)12-28-17-7-3-15(4-8-17)23-18-9-21-22(30-13-29-21)10-20(18)31-24(27)19(23)11-26/h1-10,23H,12-13,27H2. The van der Waals surface area contributed by atoms with Gasteiger partial charge in [0.25, 0.3) is 0 Å². The Balaban J connectivity index is 1.43. The van der Waals surface area contributed by atoms with Gasteiger partial charge in [-0.2, -0.15) is 5.26 Å². The maximum Gasteiger partial charge on any atom is 0.231 e. The lowest BCUT2D eigenvalue weighted by atomic mass is 9.83. The highest BCUT2D eigenvalue weighted by Gasteiger charge is 2.33. The molecule has 1 unspecified atom stereocenters. The number of nitrogens with zero attached hydrogens (tertiary/aromatic N) is 1. The van der Waals surface area contributed by atoms with Gasteiger partial charge in [-0.1, -0.05) is 40.2 Å². The number of allylic oxidation sites excluding steroid dienone is 1. The largest absolute Gasteiger partial charge is 0.489 e. The van der Waals surface area contributed by atoms with Gasteiger partial charge < -0.3 is 24.7 Å². The van der Waals surface area contributed by atoms with Crippen molar-refractivity contribution in [3.63, 3.8) is 0 Å². The molecule has 0 saturated heterocycles. The molecule has 0 aliphatic carbocycles. The number of benzene rings is 3. The summed E-state index contributed by atoms with van der Waals surface area (Å²) < 4.78 is 23.6. The first kappa shape index (κ1) is 19.3. The monoisotopic (exact) mass is 476 g/mol. The van der Waals surface area contributed by atoms with E-state index in [2.05, 4.69) is 22.0 Å². The highest BCUT2D eigenvalue weighted by atomic mass is 79.9. The highest BCUT2D eigenvalue weighted by molar-refractivity contribution is 9.10. The average Bonchev–Trinajstić information content (AvgIpc) is 3.24. The summed E-state index contributed by atoms with van der Waals surface area (Å²) in [5.41, 5.74) is 9.20. The van der Waals surface area contributed by atoms with E-state index >= 15 is 0 Å². The molecule has 2 N–H and O–H groups in total. The van der Waals surface area contributed by atoms with Gasteiger partial charge in [0.15, 0.2) is 11.5 Å². The van der Waals surface area contributed by atoms with Crippen LogP contribution in [-0.4, -0.2) is 6.79 Å².